The van der Waals surface area contributed by atoms with Gasteiger partial charge in [0.2, 0.25) is 10.0 Å². The molecule has 0 bridgehead atoms. The van der Waals surface area contributed by atoms with Gasteiger partial charge in [-0.2, -0.15) is 0 Å². The Balaban J connectivity index is 2.29. The predicted octanol–water partition coefficient (Wildman–Crippen LogP) is 3.59. The van der Waals surface area contributed by atoms with Crippen LogP contribution in [0.15, 0.2) is 53.7 Å². The fraction of sp³-hybridized carbons (Fsp3) is 0.389. The van der Waals surface area contributed by atoms with Gasteiger partial charge in [-0.05, 0) is 54.7 Å². The first-order valence-corrected chi connectivity index (χ1v) is 9.06. The quantitative estimate of drug-likeness (QED) is 0.931. The number of nitrogens with one attached hydrogen (secondary N) is 1. The van der Waals surface area contributed by atoms with Gasteiger partial charge in [0.1, 0.15) is 0 Å². The zero-order valence-electron chi connectivity index (χ0n) is 14.3. The number of nitrogens with zero attached hydrogens (tertiary/aromatic N) is 1. The first-order chi connectivity index (χ1) is 10.5. The molecule has 2 aromatic rings. The lowest BCUT2D eigenvalue weighted by atomic mass is 9.87. The van der Waals surface area contributed by atoms with Crippen molar-refractivity contribution in [2.24, 2.45) is 0 Å². The second-order valence-corrected chi connectivity index (χ2v) is 8.92. The Morgan fingerprint density at radius 2 is 1.35 bits per heavy atom. The van der Waals surface area contributed by atoms with Crippen LogP contribution in [0.5, 0.6) is 0 Å². The molecular weight excluding hydrogens is 308 g/mol. The number of hydrogen-bond acceptors (Lipinski definition) is 3. The highest BCUT2D eigenvalue weighted by Crippen LogP contribution is 2.25. The van der Waals surface area contributed by atoms with Crippen molar-refractivity contribution in [3.05, 3.63) is 59.9 Å². The van der Waals surface area contributed by atoms with Crippen molar-refractivity contribution < 1.29 is 8.42 Å². The summed E-state index contributed by atoms with van der Waals surface area (Å²) in [6, 6.07) is 10.7. The molecule has 0 spiro atoms. The van der Waals surface area contributed by atoms with Crippen molar-refractivity contribution in [2.75, 3.05) is 0 Å². The van der Waals surface area contributed by atoms with Gasteiger partial charge >= 0.3 is 0 Å². The van der Waals surface area contributed by atoms with E-state index in [1.807, 2.05) is 38.1 Å². The second-order valence-electron chi connectivity index (χ2n) is 7.24. The molecule has 0 radical (unpaired) electrons. The minimum Gasteiger partial charge on any atom is -0.265 e. The van der Waals surface area contributed by atoms with E-state index in [1.54, 1.807) is 24.5 Å². The van der Waals surface area contributed by atoms with Gasteiger partial charge in [-0.3, -0.25) is 4.98 Å². The minimum atomic E-state index is -3.60. The highest BCUT2D eigenvalue weighted by molar-refractivity contribution is 7.89. The summed E-state index contributed by atoms with van der Waals surface area (Å²) < 4.78 is 28.1. The molecule has 1 heterocycles. The van der Waals surface area contributed by atoms with Crippen molar-refractivity contribution in [3.63, 3.8) is 0 Å². The molecule has 2 rings (SSSR count). The van der Waals surface area contributed by atoms with Gasteiger partial charge in [0.25, 0.3) is 0 Å². The largest absolute Gasteiger partial charge is 0.265 e. The third-order valence-corrected chi connectivity index (χ3v) is 5.49. The number of hydrogen-bond donors (Lipinski definition) is 1. The second kappa shape index (κ2) is 6.06. The fourth-order valence-corrected chi connectivity index (χ4v) is 3.76. The molecule has 0 aliphatic carbocycles. The summed E-state index contributed by atoms with van der Waals surface area (Å²) in [5.74, 6) is 0. The minimum absolute atomic E-state index is 0.00791. The van der Waals surface area contributed by atoms with Crippen molar-refractivity contribution in [1.29, 1.82) is 0 Å². The van der Waals surface area contributed by atoms with Gasteiger partial charge in [-0.1, -0.05) is 32.9 Å². The summed E-state index contributed by atoms with van der Waals surface area (Å²) in [5, 5.41) is 0. The van der Waals surface area contributed by atoms with E-state index in [1.165, 1.54) is 0 Å². The van der Waals surface area contributed by atoms with Crippen LogP contribution in [-0.4, -0.2) is 13.4 Å². The van der Waals surface area contributed by atoms with Crippen LogP contribution < -0.4 is 4.72 Å². The van der Waals surface area contributed by atoms with E-state index >= 15 is 0 Å². The van der Waals surface area contributed by atoms with E-state index in [4.69, 9.17) is 0 Å². The molecule has 0 atom stereocenters. The zero-order valence-corrected chi connectivity index (χ0v) is 15.1. The molecule has 5 heteroatoms. The highest BCUT2D eigenvalue weighted by Gasteiger charge is 2.28. The molecule has 0 saturated carbocycles. The molecular formula is C18H24N2O2S. The fourth-order valence-electron chi connectivity index (χ4n) is 2.36. The molecule has 0 amide bonds. The molecule has 1 aromatic heterocycles. The third kappa shape index (κ3) is 4.18. The monoisotopic (exact) mass is 332 g/mol. The molecule has 4 nitrogen and oxygen atoms in total. The zero-order chi connectivity index (χ0) is 17.3. The van der Waals surface area contributed by atoms with Crippen LogP contribution in [0, 0.1) is 0 Å². The van der Waals surface area contributed by atoms with Crippen LogP contribution >= 0.6 is 0 Å². The lowest BCUT2D eigenvalue weighted by molar-refractivity contribution is 0.471. The molecule has 0 saturated heterocycles. The van der Waals surface area contributed by atoms with Crippen molar-refractivity contribution >= 4 is 10.0 Å². The Labute approximate surface area is 139 Å². The lowest BCUT2D eigenvalue weighted by Gasteiger charge is -2.26. The molecule has 0 unspecified atom stereocenters. The first kappa shape index (κ1) is 17.6. The topological polar surface area (TPSA) is 59.1 Å². The summed E-state index contributed by atoms with van der Waals surface area (Å²) in [7, 11) is -3.60. The van der Waals surface area contributed by atoms with Gasteiger partial charge in [0, 0.05) is 12.4 Å². The van der Waals surface area contributed by atoms with Crippen LogP contribution in [0.1, 0.15) is 45.7 Å². The van der Waals surface area contributed by atoms with E-state index < -0.39 is 15.6 Å². The molecule has 23 heavy (non-hydrogen) atoms. The van der Waals surface area contributed by atoms with E-state index in [-0.39, 0.29) is 10.3 Å². The van der Waals surface area contributed by atoms with E-state index in [2.05, 4.69) is 30.5 Å². The van der Waals surface area contributed by atoms with E-state index in [9.17, 15) is 8.42 Å². The maximum absolute atomic E-state index is 12.7. The maximum Gasteiger partial charge on any atom is 0.241 e. The Bertz CT molecular complexity index is 759. The van der Waals surface area contributed by atoms with E-state index in [0.29, 0.717) is 0 Å². The molecule has 0 fully saturated rings. The molecule has 0 aliphatic rings. The van der Waals surface area contributed by atoms with Crippen molar-refractivity contribution in [3.8, 4) is 0 Å². The van der Waals surface area contributed by atoms with Crippen LogP contribution in [0.3, 0.4) is 0 Å². The Morgan fingerprint density at radius 3 is 1.83 bits per heavy atom. The van der Waals surface area contributed by atoms with Crippen LogP contribution in [0.2, 0.25) is 0 Å². The smallest absolute Gasteiger partial charge is 0.241 e. The van der Waals surface area contributed by atoms with E-state index in [0.717, 1.165) is 11.1 Å². The predicted molar refractivity (Wildman–Crippen MR) is 92.7 cm³/mol. The molecule has 1 N–H and O–H groups in total. The standard InChI is InChI=1S/C18H24N2O2S/c1-17(2,3)14-6-8-16(9-7-14)23(21,22)20-18(4,5)15-10-12-19-13-11-15/h6-13,20H,1-5H3. The summed E-state index contributed by atoms with van der Waals surface area (Å²) >= 11 is 0. The summed E-state index contributed by atoms with van der Waals surface area (Å²) in [5.41, 5.74) is 1.24. The van der Waals surface area contributed by atoms with Crippen LogP contribution in [0.25, 0.3) is 0 Å². The van der Waals surface area contributed by atoms with Gasteiger partial charge in [-0.15, -0.1) is 0 Å². The van der Waals surface area contributed by atoms with Gasteiger partial charge in [0.15, 0.2) is 0 Å². The number of rotatable bonds is 4. The lowest BCUT2D eigenvalue weighted by Crippen LogP contribution is -2.40. The normalized spacial score (nSPS) is 13.1. The average molecular weight is 332 g/mol. The molecule has 124 valence electrons. The van der Waals surface area contributed by atoms with Gasteiger partial charge in [0.05, 0.1) is 10.4 Å². The molecule has 0 aliphatic heterocycles. The summed E-state index contributed by atoms with van der Waals surface area (Å²) in [6.45, 7) is 9.97. The Kier molecular flexibility index (Phi) is 4.64. The average Bonchev–Trinajstić information content (AvgIpc) is 2.46. The highest BCUT2D eigenvalue weighted by atomic mass is 32.2. The third-order valence-electron chi connectivity index (χ3n) is 3.82. The summed E-state index contributed by atoms with van der Waals surface area (Å²) in [4.78, 5) is 4.24. The van der Waals surface area contributed by atoms with Gasteiger partial charge in [-0.25, -0.2) is 13.1 Å². The number of benzene rings is 1. The van der Waals surface area contributed by atoms with Crippen molar-refractivity contribution in [2.45, 2.75) is 50.5 Å². The molecule has 1 aromatic carbocycles. The number of sulfonamides is 1. The van der Waals surface area contributed by atoms with Crippen molar-refractivity contribution in [1.82, 2.24) is 9.71 Å². The first-order valence-electron chi connectivity index (χ1n) is 7.57. The SMILES string of the molecule is CC(C)(C)c1ccc(S(=O)(=O)NC(C)(C)c2ccncc2)cc1. The summed E-state index contributed by atoms with van der Waals surface area (Å²) in [6.07, 6.45) is 3.31. The Hall–Kier alpha value is -1.72. The number of aromatic nitrogens is 1. The maximum atomic E-state index is 12.7. The van der Waals surface area contributed by atoms with Gasteiger partial charge < -0.3 is 0 Å². The van der Waals surface area contributed by atoms with Crippen LogP contribution in [-0.2, 0) is 21.0 Å². The number of pyridine rings is 1. The van der Waals surface area contributed by atoms with Crippen LogP contribution in [0.4, 0.5) is 0 Å². The Morgan fingerprint density at radius 1 is 0.826 bits per heavy atom.